The zero-order valence-electron chi connectivity index (χ0n) is 6.88. The summed E-state index contributed by atoms with van der Waals surface area (Å²) in [6.45, 7) is 0. The maximum absolute atomic E-state index is 5.40. The summed E-state index contributed by atoms with van der Waals surface area (Å²) < 4.78 is 9.75. The molecule has 0 saturated carbocycles. The van der Waals surface area contributed by atoms with E-state index in [9.17, 15) is 0 Å². The molecule has 0 aromatic rings. The van der Waals surface area contributed by atoms with Gasteiger partial charge in [0.1, 0.15) is 10.5 Å². The predicted molar refractivity (Wildman–Crippen MR) is 45.5 cm³/mol. The Hall–Kier alpha value is 0.314. The van der Waals surface area contributed by atoms with Gasteiger partial charge in [0.25, 0.3) is 0 Å². The molecule has 0 spiro atoms. The van der Waals surface area contributed by atoms with Crippen molar-refractivity contribution in [3.63, 3.8) is 0 Å². The summed E-state index contributed by atoms with van der Waals surface area (Å²) in [6.07, 6.45) is 0. The molecule has 0 radical (unpaired) electrons. The Morgan fingerprint density at radius 1 is 1.11 bits per heavy atom. The fraction of sp³-hybridized carbons (Fsp3) is 1.00. The molecule has 0 N–H and O–H groups in total. The first kappa shape index (κ1) is 9.31. The van der Waals surface area contributed by atoms with Gasteiger partial charge in [0, 0.05) is 0 Å². The monoisotopic (exact) mass is 164 g/mol. The quantitative estimate of drug-likeness (QED) is 0.454. The summed E-state index contributed by atoms with van der Waals surface area (Å²) in [7, 11) is 7.97. The molecule has 0 aromatic carbocycles. The van der Waals surface area contributed by atoms with Crippen LogP contribution in [0.3, 0.4) is 0 Å². The van der Waals surface area contributed by atoms with Gasteiger partial charge in [0.15, 0.2) is 0 Å². The Kier molecular flexibility index (Phi) is 4.33. The fourth-order valence-electron chi connectivity index (χ4n) is 0.884. The van der Waals surface area contributed by atoms with Gasteiger partial charge in [-0.15, -0.1) is 0 Å². The topological polar surface area (TPSA) is 15.7 Å². The maximum Gasteiger partial charge on any atom is 0.328 e. The van der Waals surface area contributed by atoms with Gasteiger partial charge >= 0.3 is 9.36 Å². The average molecular weight is 164 g/mol. The van der Waals surface area contributed by atoms with Gasteiger partial charge in [-0.05, 0) is 28.2 Å². The molecule has 0 aromatic heterocycles. The van der Waals surface area contributed by atoms with E-state index in [1.54, 1.807) is 0 Å². The summed E-state index contributed by atoms with van der Waals surface area (Å²) in [4.78, 5) is 0. The van der Waals surface area contributed by atoms with Crippen molar-refractivity contribution in [3.05, 3.63) is 0 Å². The van der Waals surface area contributed by atoms with Crippen molar-refractivity contribution in [2.45, 2.75) is 0 Å². The molecule has 9 heavy (non-hydrogen) atoms. The zero-order chi connectivity index (χ0) is 7.44. The zero-order valence-corrected chi connectivity index (χ0v) is 10.0. The van der Waals surface area contributed by atoms with E-state index in [-0.39, 0.29) is 0 Å². The third kappa shape index (κ3) is 3.12. The highest BCUT2D eigenvalue weighted by molar-refractivity contribution is 6.49. The molecule has 5 heteroatoms. The molecule has 0 aliphatic rings. The Labute approximate surface area is 62.0 Å². The van der Waals surface area contributed by atoms with Crippen LogP contribution in [0.5, 0.6) is 0 Å². The first-order valence-corrected chi connectivity index (χ1v) is 5.27. The van der Waals surface area contributed by atoms with Gasteiger partial charge in [-0.1, -0.05) is 0 Å². The molecular formula is C4H16N2OSi2. The molecule has 0 saturated heterocycles. The number of rotatable bonds is 3. The molecule has 56 valence electrons. The first-order chi connectivity index (χ1) is 4.09. The van der Waals surface area contributed by atoms with Gasteiger partial charge in [-0.3, -0.25) is 9.13 Å². The second-order valence-corrected chi connectivity index (χ2v) is 7.09. The number of hydrogen-bond acceptors (Lipinski definition) is 3. The molecule has 0 heterocycles. The Morgan fingerprint density at radius 3 is 1.44 bits per heavy atom. The van der Waals surface area contributed by atoms with Crippen LogP contribution in [0.4, 0.5) is 0 Å². The summed E-state index contributed by atoms with van der Waals surface area (Å²) >= 11 is 0. The molecule has 0 atom stereocenters. The van der Waals surface area contributed by atoms with E-state index in [2.05, 4.69) is 37.3 Å². The molecule has 3 nitrogen and oxygen atoms in total. The van der Waals surface area contributed by atoms with E-state index >= 15 is 0 Å². The van der Waals surface area contributed by atoms with E-state index in [1.165, 1.54) is 0 Å². The minimum atomic E-state index is -1.13. The highest BCUT2D eigenvalue weighted by Gasteiger charge is 2.14. The number of hydrogen-bond donors (Lipinski definition) is 0. The van der Waals surface area contributed by atoms with Crippen molar-refractivity contribution in [1.82, 2.24) is 9.13 Å². The predicted octanol–water partition coefficient (Wildman–Crippen LogP) is -1.88. The molecule has 0 fully saturated rings. The number of nitrogens with zero attached hydrogens (tertiary/aromatic N) is 2. The van der Waals surface area contributed by atoms with Crippen LogP contribution in [0.15, 0.2) is 0 Å². The van der Waals surface area contributed by atoms with Crippen LogP contribution in [-0.4, -0.2) is 57.2 Å². The van der Waals surface area contributed by atoms with Crippen molar-refractivity contribution in [2.75, 3.05) is 28.2 Å². The summed E-state index contributed by atoms with van der Waals surface area (Å²) in [6, 6.07) is 0. The minimum absolute atomic E-state index is 0.846. The van der Waals surface area contributed by atoms with Crippen LogP contribution in [0, 0.1) is 0 Å². The Morgan fingerprint density at radius 2 is 1.44 bits per heavy atom. The Bertz CT molecular complexity index is 71.0. The van der Waals surface area contributed by atoms with Crippen LogP contribution in [0.1, 0.15) is 0 Å². The Balaban J connectivity index is 3.68. The molecule has 0 aliphatic carbocycles. The molecule has 0 rings (SSSR count). The largest absolute Gasteiger partial charge is 0.444 e. The second kappa shape index (κ2) is 4.18. The molecule has 0 unspecified atom stereocenters. The van der Waals surface area contributed by atoms with E-state index < -0.39 is 9.36 Å². The minimum Gasteiger partial charge on any atom is -0.444 e. The second-order valence-electron chi connectivity index (χ2n) is 2.49. The normalized spacial score (nSPS) is 12.3. The van der Waals surface area contributed by atoms with Gasteiger partial charge in [0.2, 0.25) is 0 Å². The summed E-state index contributed by atoms with van der Waals surface area (Å²) in [5.74, 6) is 0. The van der Waals surface area contributed by atoms with Crippen molar-refractivity contribution < 1.29 is 4.12 Å². The van der Waals surface area contributed by atoms with Crippen molar-refractivity contribution in [3.8, 4) is 0 Å². The van der Waals surface area contributed by atoms with Gasteiger partial charge in [0.05, 0.1) is 0 Å². The lowest BCUT2D eigenvalue weighted by Crippen LogP contribution is -2.47. The van der Waals surface area contributed by atoms with Crippen LogP contribution >= 0.6 is 0 Å². The maximum atomic E-state index is 5.40. The van der Waals surface area contributed by atoms with Crippen LogP contribution < -0.4 is 0 Å². The van der Waals surface area contributed by atoms with Gasteiger partial charge < -0.3 is 4.12 Å². The van der Waals surface area contributed by atoms with Crippen LogP contribution in [0.2, 0.25) is 0 Å². The van der Waals surface area contributed by atoms with Crippen molar-refractivity contribution in [1.29, 1.82) is 0 Å². The van der Waals surface area contributed by atoms with E-state index in [0.717, 1.165) is 10.5 Å². The van der Waals surface area contributed by atoms with Gasteiger partial charge in [-0.2, -0.15) is 0 Å². The highest BCUT2D eigenvalue weighted by atomic mass is 28.3. The van der Waals surface area contributed by atoms with Crippen LogP contribution in [0.25, 0.3) is 0 Å². The highest BCUT2D eigenvalue weighted by Crippen LogP contribution is 1.89. The summed E-state index contributed by atoms with van der Waals surface area (Å²) in [5.41, 5.74) is 0. The third-order valence-corrected chi connectivity index (χ3v) is 4.55. The van der Waals surface area contributed by atoms with E-state index in [4.69, 9.17) is 4.12 Å². The van der Waals surface area contributed by atoms with E-state index in [1.807, 2.05) is 0 Å². The summed E-state index contributed by atoms with van der Waals surface area (Å²) in [5, 5.41) is 0. The van der Waals surface area contributed by atoms with Crippen LogP contribution in [-0.2, 0) is 4.12 Å². The SMILES string of the molecule is CN(C)[SiH](O[SiH3])N(C)C. The van der Waals surface area contributed by atoms with Crippen molar-refractivity contribution >= 4 is 19.8 Å². The first-order valence-electron chi connectivity index (χ1n) is 2.95. The van der Waals surface area contributed by atoms with Crippen molar-refractivity contribution in [2.24, 2.45) is 0 Å². The molecule has 0 amide bonds. The van der Waals surface area contributed by atoms with E-state index in [0.29, 0.717) is 0 Å². The van der Waals surface area contributed by atoms with Gasteiger partial charge in [-0.25, -0.2) is 0 Å². The smallest absolute Gasteiger partial charge is 0.328 e. The standard InChI is InChI=1S/C4H16N2OSi2/c1-5(2)9(7-8)6(3)4/h9H,1-4,8H3. The molecule has 0 aliphatic heterocycles. The lowest BCUT2D eigenvalue weighted by molar-refractivity contribution is 0.397. The lowest BCUT2D eigenvalue weighted by atomic mass is 11.3. The average Bonchev–Trinajstić information content (AvgIpc) is 1.64. The third-order valence-electron chi connectivity index (χ3n) is 1.09. The molecule has 0 bridgehead atoms. The molecular weight excluding hydrogens is 148 g/mol. The lowest BCUT2D eigenvalue weighted by Gasteiger charge is -2.26. The fourth-order valence-corrected chi connectivity index (χ4v) is 5.18.